The quantitative estimate of drug-likeness (QED) is 0.780. The maximum Gasteiger partial charge on any atom is 0.340 e. The van der Waals surface area contributed by atoms with Crippen molar-refractivity contribution in [2.24, 2.45) is 0 Å². The van der Waals surface area contributed by atoms with Crippen LogP contribution in [0.15, 0.2) is 29.6 Å². The van der Waals surface area contributed by atoms with Crippen LogP contribution in [0, 0.1) is 0 Å². The Hall–Kier alpha value is -1.10. The molecule has 0 unspecified atom stereocenters. The zero-order valence-electron chi connectivity index (χ0n) is 8.60. The molecule has 17 heavy (non-hydrogen) atoms. The zero-order chi connectivity index (χ0) is 11.8. The maximum absolute atomic E-state index is 11.8. The van der Waals surface area contributed by atoms with Gasteiger partial charge in [-0.25, -0.2) is 4.79 Å². The van der Waals surface area contributed by atoms with E-state index in [0.717, 1.165) is 19.7 Å². The topological polar surface area (TPSA) is 26.3 Å². The standard InChI is InChI=1S/C12H7ClO2S2/c13-10-4-3-8(17-10)7-6-15-12(14)11(7)9-2-1-5-16-9/h1-5H,6H2. The molecule has 2 aromatic heterocycles. The molecule has 5 heteroatoms. The number of carbonyl (C=O) groups is 1. The van der Waals surface area contributed by atoms with E-state index in [2.05, 4.69) is 0 Å². The number of rotatable bonds is 2. The summed E-state index contributed by atoms with van der Waals surface area (Å²) in [7, 11) is 0. The van der Waals surface area contributed by atoms with Gasteiger partial charge in [0.15, 0.2) is 0 Å². The second-order valence-electron chi connectivity index (χ2n) is 3.51. The van der Waals surface area contributed by atoms with Crippen molar-refractivity contribution in [3.05, 3.63) is 43.7 Å². The highest BCUT2D eigenvalue weighted by Gasteiger charge is 2.28. The lowest BCUT2D eigenvalue weighted by Crippen LogP contribution is -1.96. The molecule has 0 bridgehead atoms. The summed E-state index contributed by atoms with van der Waals surface area (Å²) in [6.45, 7) is 0.336. The van der Waals surface area contributed by atoms with Gasteiger partial charge in [0.25, 0.3) is 0 Å². The van der Waals surface area contributed by atoms with Crippen molar-refractivity contribution in [2.45, 2.75) is 0 Å². The van der Waals surface area contributed by atoms with E-state index in [9.17, 15) is 4.79 Å². The van der Waals surface area contributed by atoms with Crippen LogP contribution >= 0.6 is 34.3 Å². The fourth-order valence-corrected chi connectivity index (χ4v) is 3.61. The molecule has 2 nitrogen and oxygen atoms in total. The number of carbonyl (C=O) groups excluding carboxylic acids is 1. The van der Waals surface area contributed by atoms with Crippen LogP contribution in [0.4, 0.5) is 0 Å². The van der Waals surface area contributed by atoms with Crippen LogP contribution in [0.3, 0.4) is 0 Å². The van der Waals surface area contributed by atoms with Gasteiger partial charge in [-0.3, -0.25) is 0 Å². The lowest BCUT2D eigenvalue weighted by molar-refractivity contribution is -0.133. The summed E-state index contributed by atoms with van der Waals surface area (Å²) in [4.78, 5) is 13.7. The lowest BCUT2D eigenvalue weighted by Gasteiger charge is -1.97. The van der Waals surface area contributed by atoms with Crippen LogP contribution in [0.25, 0.3) is 11.1 Å². The van der Waals surface area contributed by atoms with Crippen LogP contribution in [-0.4, -0.2) is 12.6 Å². The SMILES string of the molecule is O=C1OCC(c2ccc(Cl)s2)=C1c1cccs1. The molecule has 0 spiro atoms. The van der Waals surface area contributed by atoms with Gasteiger partial charge in [0.05, 0.1) is 9.91 Å². The molecular formula is C12H7ClO2S2. The third-order valence-corrected chi connectivity index (χ3v) is 4.67. The highest BCUT2D eigenvalue weighted by molar-refractivity contribution is 7.17. The smallest absolute Gasteiger partial charge is 0.340 e. The van der Waals surface area contributed by atoms with E-state index in [1.54, 1.807) is 11.3 Å². The van der Waals surface area contributed by atoms with Gasteiger partial charge in [0, 0.05) is 15.3 Å². The monoisotopic (exact) mass is 282 g/mol. The van der Waals surface area contributed by atoms with Gasteiger partial charge in [-0.15, -0.1) is 22.7 Å². The highest BCUT2D eigenvalue weighted by Crippen LogP contribution is 2.38. The van der Waals surface area contributed by atoms with E-state index in [4.69, 9.17) is 16.3 Å². The number of esters is 1. The van der Waals surface area contributed by atoms with Crippen LogP contribution in [0.5, 0.6) is 0 Å². The van der Waals surface area contributed by atoms with Crippen LogP contribution in [-0.2, 0) is 9.53 Å². The normalized spacial score (nSPS) is 15.5. The molecule has 1 aliphatic rings. The molecular weight excluding hydrogens is 276 g/mol. The van der Waals surface area contributed by atoms with E-state index in [1.807, 2.05) is 29.6 Å². The van der Waals surface area contributed by atoms with Gasteiger partial charge in [-0.1, -0.05) is 17.7 Å². The number of ether oxygens (including phenoxy) is 1. The Morgan fingerprint density at radius 3 is 2.76 bits per heavy atom. The summed E-state index contributed by atoms with van der Waals surface area (Å²) in [6, 6.07) is 7.63. The molecule has 3 heterocycles. The molecule has 0 amide bonds. The van der Waals surface area contributed by atoms with E-state index in [0.29, 0.717) is 12.2 Å². The highest BCUT2D eigenvalue weighted by atomic mass is 35.5. The summed E-state index contributed by atoms with van der Waals surface area (Å²) < 4.78 is 5.84. The molecule has 0 fully saturated rings. The molecule has 0 saturated carbocycles. The van der Waals surface area contributed by atoms with E-state index >= 15 is 0 Å². The fourth-order valence-electron chi connectivity index (χ4n) is 1.75. The lowest BCUT2D eigenvalue weighted by atomic mass is 10.1. The Balaban J connectivity index is 2.15. The van der Waals surface area contributed by atoms with Crippen LogP contribution in [0.1, 0.15) is 9.75 Å². The predicted octanol–water partition coefficient (Wildman–Crippen LogP) is 3.93. The van der Waals surface area contributed by atoms with Crippen LogP contribution < -0.4 is 0 Å². The van der Waals surface area contributed by atoms with Gasteiger partial charge in [-0.2, -0.15) is 0 Å². The number of thiophene rings is 2. The van der Waals surface area contributed by atoms with Crippen LogP contribution in [0.2, 0.25) is 4.34 Å². The van der Waals surface area contributed by atoms with Crippen molar-refractivity contribution in [1.29, 1.82) is 0 Å². The average molecular weight is 283 g/mol. The Morgan fingerprint density at radius 2 is 2.12 bits per heavy atom. The predicted molar refractivity (Wildman–Crippen MR) is 71.4 cm³/mol. The first-order chi connectivity index (χ1) is 8.25. The van der Waals surface area contributed by atoms with Crippen molar-refractivity contribution in [3.8, 4) is 0 Å². The minimum absolute atomic E-state index is 0.244. The Morgan fingerprint density at radius 1 is 1.24 bits per heavy atom. The van der Waals surface area contributed by atoms with Gasteiger partial charge in [0.2, 0.25) is 0 Å². The van der Waals surface area contributed by atoms with Crippen molar-refractivity contribution < 1.29 is 9.53 Å². The number of halogens is 1. The van der Waals surface area contributed by atoms with Gasteiger partial charge in [-0.05, 0) is 23.6 Å². The Kier molecular flexibility index (Phi) is 2.78. The first kappa shape index (κ1) is 11.0. The second-order valence-corrected chi connectivity index (χ2v) is 6.17. The first-order valence-corrected chi connectivity index (χ1v) is 7.03. The Bertz CT molecular complexity index is 596. The first-order valence-electron chi connectivity index (χ1n) is 4.95. The molecule has 2 aromatic rings. The summed E-state index contributed by atoms with van der Waals surface area (Å²) in [5.41, 5.74) is 1.62. The van der Waals surface area contributed by atoms with Crippen molar-refractivity contribution in [1.82, 2.24) is 0 Å². The Labute approximate surface area is 111 Å². The van der Waals surface area contributed by atoms with Crippen molar-refractivity contribution in [2.75, 3.05) is 6.61 Å². The largest absolute Gasteiger partial charge is 0.457 e. The molecule has 1 aliphatic heterocycles. The summed E-state index contributed by atoms with van der Waals surface area (Å²) in [6.07, 6.45) is 0. The molecule has 0 aliphatic carbocycles. The van der Waals surface area contributed by atoms with Gasteiger partial charge < -0.3 is 4.74 Å². The maximum atomic E-state index is 11.8. The molecule has 0 aromatic carbocycles. The number of hydrogen-bond acceptors (Lipinski definition) is 4. The molecule has 0 N–H and O–H groups in total. The van der Waals surface area contributed by atoms with Gasteiger partial charge >= 0.3 is 5.97 Å². The molecule has 0 atom stereocenters. The van der Waals surface area contributed by atoms with Crippen molar-refractivity contribution in [3.63, 3.8) is 0 Å². The minimum Gasteiger partial charge on any atom is -0.457 e. The second kappa shape index (κ2) is 4.29. The van der Waals surface area contributed by atoms with Crippen molar-refractivity contribution >= 4 is 51.4 Å². The number of cyclic esters (lactones) is 1. The van der Waals surface area contributed by atoms with E-state index < -0.39 is 0 Å². The summed E-state index contributed by atoms with van der Waals surface area (Å²) >= 11 is 8.93. The molecule has 0 saturated heterocycles. The fraction of sp³-hybridized carbons (Fsp3) is 0.0833. The van der Waals surface area contributed by atoms with E-state index in [1.165, 1.54) is 11.3 Å². The zero-order valence-corrected chi connectivity index (χ0v) is 11.0. The third-order valence-electron chi connectivity index (χ3n) is 2.49. The summed E-state index contributed by atoms with van der Waals surface area (Å²) in [5, 5.41) is 1.95. The van der Waals surface area contributed by atoms with Gasteiger partial charge in [0.1, 0.15) is 6.61 Å². The molecule has 0 radical (unpaired) electrons. The number of hydrogen-bond donors (Lipinski definition) is 0. The van der Waals surface area contributed by atoms with E-state index in [-0.39, 0.29) is 5.97 Å². The molecule has 3 rings (SSSR count). The third kappa shape index (κ3) is 1.92. The minimum atomic E-state index is -0.244. The summed E-state index contributed by atoms with van der Waals surface area (Å²) in [5.74, 6) is -0.244. The average Bonchev–Trinajstić information content (AvgIpc) is 2.97. The molecule has 86 valence electrons.